The number of aromatic amines is 1. The highest BCUT2D eigenvalue weighted by atomic mass is 32.2. The van der Waals surface area contributed by atoms with Gasteiger partial charge in [0.1, 0.15) is 0 Å². The van der Waals surface area contributed by atoms with Crippen LogP contribution in [0.25, 0.3) is 10.9 Å². The molecule has 0 saturated heterocycles. The number of nitrogens with one attached hydrogen (secondary N) is 2. The summed E-state index contributed by atoms with van der Waals surface area (Å²) in [5, 5.41) is 3.18. The van der Waals surface area contributed by atoms with Gasteiger partial charge < -0.3 is 10.3 Å². The zero-order valence-corrected chi connectivity index (χ0v) is 17.7. The first-order chi connectivity index (χ1) is 14.3. The summed E-state index contributed by atoms with van der Waals surface area (Å²) in [6.07, 6.45) is 2.03. The number of carbonyl (C=O) groups is 1. The van der Waals surface area contributed by atoms with E-state index in [9.17, 15) is 18.0 Å². The van der Waals surface area contributed by atoms with Gasteiger partial charge >= 0.3 is 0 Å². The largest absolute Gasteiger partial charge is 0.326 e. The third-order valence-electron chi connectivity index (χ3n) is 4.83. The maximum Gasteiger partial charge on any atom is 0.258 e. The number of nitrogens with zero attached hydrogens (tertiary/aromatic N) is 2. The molecule has 0 atom stereocenters. The lowest BCUT2D eigenvalue weighted by molar-refractivity contribution is -0.116. The molecule has 0 unspecified atom stereocenters. The van der Waals surface area contributed by atoms with Crippen molar-refractivity contribution in [3.05, 3.63) is 64.7 Å². The van der Waals surface area contributed by atoms with E-state index in [-0.39, 0.29) is 22.8 Å². The van der Waals surface area contributed by atoms with Crippen molar-refractivity contribution in [2.24, 2.45) is 0 Å². The summed E-state index contributed by atoms with van der Waals surface area (Å²) in [4.78, 5) is 31.0. The lowest BCUT2D eigenvalue weighted by Crippen LogP contribution is -2.30. The average Bonchev–Trinajstić information content (AvgIpc) is 2.74. The van der Waals surface area contributed by atoms with Crippen LogP contribution >= 0.6 is 0 Å². The predicted octanol–water partition coefficient (Wildman–Crippen LogP) is 2.52. The Bertz CT molecular complexity index is 1200. The van der Waals surface area contributed by atoms with Gasteiger partial charge in [-0.25, -0.2) is 13.4 Å². The van der Waals surface area contributed by atoms with Crippen LogP contribution in [-0.2, 0) is 21.2 Å². The van der Waals surface area contributed by atoms with Gasteiger partial charge in [0.05, 0.1) is 22.1 Å². The monoisotopic (exact) mass is 428 g/mol. The van der Waals surface area contributed by atoms with Crippen molar-refractivity contribution in [3.8, 4) is 0 Å². The van der Waals surface area contributed by atoms with Gasteiger partial charge in [-0.15, -0.1) is 0 Å². The Morgan fingerprint density at radius 1 is 1.10 bits per heavy atom. The molecule has 30 heavy (non-hydrogen) atoms. The number of anilines is 1. The summed E-state index contributed by atoms with van der Waals surface area (Å²) in [6, 6.07) is 11.6. The minimum Gasteiger partial charge on any atom is -0.326 e. The van der Waals surface area contributed by atoms with Crippen LogP contribution in [0, 0.1) is 0 Å². The number of H-pyrrole nitrogens is 1. The third kappa shape index (κ3) is 4.74. The second-order valence-corrected chi connectivity index (χ2v) is 8.68. The first-order valence-electron chi connectivity index (χ1n) is 9.71. The molecular formula is C21H24N4O4S. The quantitative estimate of drug-likeness (QED) is 0.573. The molecule has 8 nitrogen and oxygen atoms in total. The van der Waals surface area contributed by atoms with Gasteiger partial charge in [0.2, 0.25) is 15.9 Å². The number of rotatable bonds is 8. The fourth-order valence-electron chi connectivity index (χ4n) is 3.17. The number of hydrogen-bond acceptors (Lipinski definition) is 5. The topological polar surface area (TPSA) is 112 Å². The number of benzene rings is 2. The first-order valence-corrected chi connectivity index (χ1v) is 11.2. The third-order valence-corrected chi connectivity index (χ3v) is 6.90. The highest BCUT2D eigenvalue weighted by Crippen LogP contribution is 2.18. The van der Waals surface area contributed by atoms with E-state index in [1.807, 2.05) is 0 Å². The molecule has 1 aromatic heterocycles. The summed E-state index contributed by atoms with van der Waals surface area (Å²) < 4.78 is 26.5. The van der Waals surface area contributed by atoms with Gasteiger partial charge in [-0.05, 0) is 42.3 Å². The molecule has 0 aliphatic carbocycles. The van der Waals surface area contributed by atoms with E-state index in [0.717, 1.165) is 5.56 Å². The van der Waals surface area contributed by atoms with Gasteiger partial charge in [-0.1, -0.05) is 26.0 Å². The van der Waals surface area contributed by atoms with Crippen molar-refractivity contribution >= 4 is 32.5 Å². The molecule has 2 N–H and O–H groups in total. The fraction of sp³-hybridized carbons (Fsp3) is 0.286. The van der Waals surface area contributed by atoms with Crippen molar-refractivity contribution in [1.82, 2.24) is 14.3 Å². The number of aryl methyl sites for hydroxylation is 1. The fourth-order valence-corrected chi connectivity index (χ4v) is 4.63. The van der Waals surface area contributed by atoms with Crippen LogP contribution in [-0.4, -0.2) is 41.7 Å². The number of amides is 1. The molecule has 3 rings (SSSR count). The first kappa shape index (κ1) is 21.7. The Hall–Kier alpha value is -3.04. The predicted molar refractivity (Wildman–Crippen MR) is 116 cm³/mol. The maximum atomic E-state index is 12.5. The molecule has 0 spiro atoms. The molecule has 2 aromatic carbocycles. The molecule has 158 valence electrons. The molecule has 1 amide bonds. The van der Waals surface area contributed by atoms with E-state index in [1.54, 1.807) is 56.3 Å². The van der Waals surface area contributed by atoms with Crippen molar-refractivity contribution in [2.45, 2.75) is 31.6 Å². The van der Waals surface area contributed by atoms with Crippen LogP contribution in [0.15, 0.2) is 58.5 Å². The lowest BCUT2D eigenvalue weighted by atomic mass is 10.1. The van der Waals surface area contributed by atoms with Crippen LogP contribution in [0.3, 0.4) is 0 Å². The molecule has 0 saturated carbocycles. The van der Waals surface area contributed by atoms with Gasteiger partial charge in [0.15, 0.2) is 0 Å². The van der Waals surface area contributed by atoms with Crippen molar-refractivity contribution < 1.29 is 13.2 Å². The number of fused-ring (bicyclic) bond motifs is 1. The second-order valence-electron chi connectivity index (χ2n) is 6.75. The molecule has 9 heteroatoms. The summed E-state index contributed by atoms with van der Waals surface area (Å²) in [6.45, 7) is 4.43. The van der Waals surface area contributed by atoms with Crippen LogP contribution in [0.5, 0.6) is 0 Å². The summed E-state index contributed by atoms with van der Waals surface area (Å²) >= 11 is 0. The Balaban J connectivity index is 1.62. The zero-order chi connectivity index (χ0) is 21.7. The van der Waals surface area contributed by atoms with Crippen molar-refractivity contribution in [1.29, 1.82) is 0 Å². The van der Waals surface area contributed by atoms with E-state index >= 15 is 0 Å². The number of hydrogen-bond donors (Lipinski definition) is 2. The maximum absolute atomic E-state index is 12.5. The smallest absolute Gasteiger partial charge is 0.258 e. The molecule has 1 heterocycles. The average molecular weight is 429 g/mol. The minimum atomic E-state index is -3.49. The molecule has 0 fully saturated rings. The standard InChI is InChI=1S/C21H24N4O4S/c1-3-25(4-2)30(28,29)17-9-5-15(6-10-17)7-12-20(26)24-16-8-11-19-18(13-16)21(27)23-14-22-19/h5-6,8-11,13-14H,3-4,7,12H2,1-2H3,(H,24,26)(H,22,23,27). The van der Waals surface area contributed by atoms with E-state index in [2.05, 4.69) is 15.3 Å². The summed E-state index contributed by atoms with van der Waals surface area (Å²) in [7, 11) is -3.49. The van der Waals surface area contributed by atoms with Crippen LogP contribution < -0.4 is 10.9 Å². The van der Waals surface area contributed by atoms with Gasteiger partial charge in [-0.3, -0.25) is 9.59 Å². The Morgan fingerprint density at radius 2 is 1.80 bits per heavy atom. The van der Waals surface area contributed by atoms with Crippen molar-refractivity contribution in [3.63, 3.8) is 0 Å². The molecular weight excluding hydrogens is 404 g/mol. The summed E-state index contributed by atoms with van der Waals surface area (Å²) in [5.74, 6) is -0.200. The van der Waals surface area contributed by atoms with Gasteiger partial charge in [0, 0.05) is 25.2 Å². The van der Waals surface area contributed by atoms with Gasteiger partial charge in [0.25, 0.3) is 5.56 Å². The van der Waals surface area contributed by atoms with E-state index in [0.29, 0.717) is 36.1 Å². The van der Waals surface area contributed by atoms with E-state index in [1.165, 1.54) is 10.6 Å². The molecule has 0 aliphatic rings. The zero-order valence-electron chi connectivity index (χ0n) is 16.9. The van der Waals surface area contributed by atoms with E-state index < -0.39 is 10.0 Å². The minimum absolute atomic E-state index is 0.200. The second kappa shape index (κ2) is 9.19. The van der Waals surface area contributed by atoms with Crippen LogP contribution in [0.2, 0.25) is 0 Å². The van der Waals surface area contributed by atoms with Gasteiger partial charge in [-0.2, -0.15) is 4.31 Å². The Morgan fingerprint density at radius 3 is 2.47 bits per heavy atom. The molecule has 3 aromatic rings. The summed E-state index contributed by atoms with van der Waals surface area (Å²) in [5.41, 5.74) is 1.67. The number of aromatic nitrogens is 2. The van der Waals surface area contributed by atoms with Crippen molar-refractivity contribution in [2.75, 3.05) is 18.4 Å². The Labute approximate surface area is 175 Å². The highest BCUT2D eigenvalue weighted by Gasteiger charge is 2.21. The normalized spacial score (nSPS) is 11.7. The Kier molecular flexibility index (Phi) is 6.63. The molecule has 0 radical (unpaired) electrons. The van der Waals surface area contributed by atoms with E-state index in [4.69, 9.17) is 0 Å². The lowest BCUT2D eigenvalue weighted by Gasteiger charge is -2.18. The molecule has 0 aliphatic heterocycles. The number of carbonyl (C=O) groups excluding carboxylic acids is 1. The van der Waals surface area contributed by atoms with Crippen LogP contribution in [0.1, 0.15) is 25.8 Å². The van der Waals surface area contributed by atoms with Crippen LogP contribution in [0.4, 0.5) is 5.69 Å². The highest BCUT2D eigenvalue weighted by molar-refractivity contribution is 7.89. The number of sulfonamides is 1. The molecule has 0 bridgehead atoms. The SMILES string of the molecule is CCN(CC)S(=O)(=O)c1ccc(CCC(=O)Nc2ccc3nc[nH]c(=O)c3c2)cc1.